The van der Waals surface area contributed by atoms with Crippen LogP contribution in [-0.4, -0.2) is 43.0 Å². The minimum absolute atomic E-state index is 0.0632. The van der Waals surface area contributed by atoms with Crippen LogP contribution in [0.4, 0.5) is 11.4 Å². The normalized spacial score (nSPS) is 15.1. The molecule has 0 spiro atoms. The molecule has 2 amide bonds. The van der Waals surface area contributed by atoms with Crippen molar-refractivity contribution in [2.45, 2.75) is 25.8 Å². The molecule has 0 fully saturated rings. The lowest BCUT2D eigenvalue weighted by Crippen LogP contribution is -2.56. The number of nitrogens with one attached hydrogen (secondary N) is 2. The number of nitrogens with zero attached hydrogens (tertiary/aromatic N) is 1. The van der Waals surface area contributed by atoms with Crippen LogP contribution in [0.2, 0.25) is 0 Å². The quantitative estimate of drug-likeness (QED) is 0.702. The van der Waals surface area contributed by atoms with Crippen LogP contribution in [0.5, 0.6) is 0 Å². The smallest absolute Gasteiger partial charge is 0.326 e. The third-order valence-corrected chi connectivity index (χ3v) is 4.83. The molecule has 2 aromatic carbocycles. The zero-order valence-corrected chi connectivity index (χ0v) is 16.6. The van der Waals surface area contributed by atoms with Gasteiger partial charge in [0, 0.05) is 6.42 Å². The molecule has 1 atom stereocenters. The maximum atomic E-state index is 12.9. The Kier molecular flexibility index (Phi) is 6.29. The van der Waals surface area contributed by atoms with Gasteiger partial charge in [-0.1, -0.05) is 42.5 Å². The van der Waals surface area contributed by atoms with Gasteiger partial charge in [-0.25, -0.2) is 0 Å². The first-order chi connectivity index (χ1) is 13.9. The summed E-state index contributed by atoms with van der Waals surface area (Å²) < 4.78 is 5.24. The van der Waals surface area contributed by atoms with Crippen molar-refractivity contribution < 1.29 is 19.1 Å². The van der Waals surface area contributed by atoms with Gasteiger partial charge < -0.3 is 10.1 Å². The number of hydrogen-bond donors (Lipinski definition) is 2. The van der Waals surface area contributed by atoms with Crippen molar-refractivity contribution in [3.05, 3.63) is 60.2 Å². The number of fused-ring (bicyclic) bond motifs is 1. The number of esters is 1. The Morgan fingerprint density at radius 3 is 2.55 bits per heavy atom. The molecule has 0 radical (unpaired) electrons. The number of hydrogen-bond acceptors (Lipinski definition) is 5. The number of rotatable bonds is 7. The number of anilines is 2. The van der Waals surface area contributed by atoms with Gasteiger partial charge in [-0.2, -0.15) is 0 Å². The summed E-state index contributed by atoms with van der Waals surface area (Å²) in [5, 5.41) is 5.83. The highest BCUT2D eigenvalue weighted by Crippen LogP contribution is 2.28. The number of carbonyl (C=O) groups excluding carboxylic acids is 3. The van der Waals surface area contributed by atoms with E-state index in [9.17, 15) is 14.4 Å². The van der Waals surface area contributed by atoms with Crippen molar-refractivity contribution in [1.82, 2.24) is 5.32 Å². The first kappa shape index (κ1) is 20.5. The SMILES string of the molecule is CCOC(=O)C(C)(Cc1ccccc1)NCC(=O)N1CC(=O)Nc2ccccc21. The third-order valence-electron chi connectivity index (χ3n) is 4.83. The molecule has 1 unspecified atom stereocenters. The number of para-hydroxylation sites is 2. The summed E-state index contributed by atoms with van der Waals surface area (Å²) in [5.74, 6) is -0.973. The Bertz CT molecular complexity index is 900. The van der Waals surface area contributed by atoms with Crippen LogP contribution in [-0.2, 0) is 25.5 Å². The molecule has 0 bridgehead atoms. The molecule has 1 aliphatic heterocycles. The van der Waals surface area contributed by atoms with E-state index >= 15 is 0 Å². The van der Waals surface area contributed by atoms with Crippen LogP contribution in [0.3, 0.4) is 0 Å². The Labute approximate surface area is 170 Å². The van der Waals surface area contributed by atoms with Crippen LogP contribution in [0.1, 0.15) is 19.4 Å². The monoisotopic (exact) mass is 395 g/mol. The molecule has 0 aromatic heterocycles. The maximum absolute atomic E-state index is 12.9. The molecule has 0 saturated heterocycles. The molecule has 1 heterocycles. The number of carbonyl (C=O) groups is 3. The minimum Gasteiger partial charge on any atom is -0.465 e. The lowest BCUT2D eigenvalue weighted by molar-refractivity contribution is -0.150. The van der Waals surface area contributed by atoms with Gasteiger partial charge >= 0.3 is 5.97 Å². The second kappa shape index (κ2) is 8.87. The fraction of sp³-hybridized carbons (Fsp3) is 0.318. The average Bonchev–Trinajstić information content (AvgIpc) is 2.72. The van der Waals surface area contributed by atoms with E-state index in [1.165, 1.54) is 4.90 Å². The topological polar surface area (TPSA) is 87.7 Å². The molecule has 29 heavy (non-hydrogen) atoms. The first-order valence-corrected chi connectivity index (χ1v) is 9.58. The summed E-state index contributed by atoms with van der Waals surface area (Å²) >= 11 is 0. The van der Waals surface area contributed by atoms with Gasteiger partial charge in [-0.15, -0.1) is 0 Å². The van der Waals surface area contributed by atoms with Gasteiger partial charge in [0.2, 0.25) is 11.8 Å². The second-order valence-electron chi connectivity index (χ2n) is 7.11. The summed E-state index contributed by atoms with van der Waals surface area (Å²) in [6.45, 7) is 3.55. The van der Waals surface area contributed by atoms with Crippen LogP contribution in [0, 0.1) is 0 Å². The van der Waals surface area contributed by atoms with Crippen molar-refractivity contribution in [2.75, 3.05) is 29.9 Å². The fourth-order valence-electron chi connectivity index (χ4n) is 3.32. The highest BCUT2D eigenvalue weighted by Gasteiger charge is 2.36. The lowest BCUT2D eigenvalue weighted by atomic mass is 9.92. The summed E-state index contributed by atoms with van der Waals surface area (Å²) in [5.41, 5.74) is 1.10. The predicted octanol–water partition coefficient (Wildman–Crippen LogP) is 2.13. The summed E-state index contributed by atoms with van der Waals surface area (Å²) in [6.07, 6.45) is 0.372. The molecular weight excluding hydrogens is 370 g/mol. The Morgan fingerprint density at radius 2 is 1.83 bits per heavy atom. The summed E-state index contributed by atoms with van der Waals surface area (Å²) in [6, 6.07) is 16.7. The largest absolute Gasteiger partial charge is 0.465 e. The molecule has 2 N–H and O–H groups in total. The first-order valence-electron chi connectivity index (χ1n) is 9.58. The van der Waals surface area contributed by atoms with E-state index in [0.29, 0.717) is 17.8 Å². The predicted molar refractivity (Wildman–Crippen MR) is 111 cm³/mol. The fourth-order valence-corrected chi connectivity index (χ4v) is 3.32. The summed E-state index contributed by atoms with van der Waals surface area (Å²) in [4.78, 5) is 39.0. The molecule has 7 heteroatoms. The standard InChI is InChI=1S/C22H25N3O4/c1-3-29-21(28)22(2,13-16-9-5-4-6-10-16)23-14-20(27)25-15-19(26)24-17-11-7-8-12-18(17)25/h4-12,23H,3,13-15H2,1-2H3,(H,24,26). The van der Waals surface area contributed by atoms with Crippen LogP contribution in [0.25, 0.3) is 0 Å². The zero-order valence-electron chi connectivity index (χ0n) is 16.6. The molecule has 0 aliphatic carbocycles. The van der Waals surface area contributed by atoms with Crippen molar-refractivity contribution >= 4 is 29.2 Å². The van der Waals surface area contributed by atoms with E-state index in [2.05, 4.69) is 10.6 Å². The van der Waals surface area contributed by atoms with Gasteiger partial charge in [-0.3, -0.25) is 24.6 Å². The molecular formula is C22H25N3O4. The van der Waals surface area contributed by atoms with Gasteiger partial charge in [0.1, 0.15) is 12.1 Å². The van der Waals surface area contributed by atoms with Gasteiger partial charge in [0.05, 0.1) is 24.5 Å². The highest BCUT2D eigenvalue weighted by atomic mass is 16.5. The maximum Gasteiger partial charge on any atom is 0.326 e. The second-order valence-corrected chi connectivity index (χ2v) is 7.11. The Morgan fingerprint density at radius 1 is 1.14 bits per heavy atom. The molecule has 2 aromatic rings. The van der Waals surface area contributed by atoms with Crippen LogP contribution < -0.4 is 15.5 Å². The van der Waals surface area contributed by atoms with Crippen LogP contribution in [0.15, 0.2) is 54.6 Å². The summed E-state index contributed by atoms with van der Waals surface area (Å²) in [7, 11) is 0. The van der Waals surface area contributed by atoms with Crippen molar-refractivity contribution in [3.63, 3.8) is 0 Å². The van der Waals surface area contributed by atoms with Gasteiger partial charge in [-0.05, 0) is 31.5 Å². The van der Waals surface area contributed by atoms with E-state index < -0.39 is 11.5 Å². The number of amides is 2. The van der Waals surface area contributed by atoms with E-state index in [1.807, 2.05) is 36.4 Å². The third kappa shape index (κ3) is 4.81. The Hall–Kier alpha value is -3.19. The highest BCUT2D eigenvalue weighted by molar-refractivity contribution is 6.10. The van der Waals surface area contributed by atoms with Crippen molar-refractivity contribution in [2.24, 2.45) is 0 Å². The minimum atomic E-state index is -1.08. The zero-order chi connectivity index (χ0) is 20.9. The molecule has 7 nitrogen and oxygen atoms in total. The van der Waals surface area contributed by atoms with E-state index in [0.717, 1.165) is 5.56 Å². The number of ether oxygens (including phenoxy) is 1. The molecule has 0 saturated carbocycles. The lowest BCUT2D eigenvalue weighted by Gasteiger charge is -2.32. The van der Waals surface area contributed by atoms with E-state index in [-0.39, 0.29) is 31.5 Å². The molecule has 1 aliphatic rings. The Balaban J connectivity index is 1.76. The van der Waals surface area contributed by atoms with Gasteiger partial charge in [0.25, 0.3) is 0 Å². The van der Waals surface area contributed by atoms with Crippen molar-refractivity contribution in [3.8, 4) is 0 Å². The number of benzene rings is 2. The molecule has 3 rings (SSSR count). The molecule has 152 valence electrons. The van der Waals surface area contributed by atoms with E-state index in [1.54, 1.807) is 32.0 Å². The van der Waals surface area contributed by atoms with Crippen molar-refractivity contribution in [1.29, 1.82) is 0 Å². The average molecular weight is 395 g/mol. The van der Waals surface area contributed by atoms with Crippen LogP contribution >= 0.6 is 0 Å². The van der Waals surface area contributed by atoms with E-state index in [4.69, 9.17) is 4.74 Å². The van der Waals surface area contributed by atoms with Gasteiger partial charge in [0.15, 0.2) is 0 Å².